The van der Waals surface area contributed by atoms with Gasteiger partial charge in [-0.3, -0.25) is 4.90 Å². The van der Waals surface area contributed by atoms with Crippen LogP contribution in [-0.4, -0.2) is 40.2 Å². The molecule has 0 radical (unpaired) electrons. The molecule has 4 rings (SSSR count). The van der Waals surface area contributed by atoms with E-state index in [9.17, 15) is 4.79 Å². The van der Waals surface area contributed by atoms with Crippen LogP contribution in [0.1, 0.15) is 25.2 Å². The molecule has 29 heavy (non-hydrogen) atoms. The maximum atomic E-state index is 12.2. The van der Waals surface area contributed by atoms with Crippen molar-refractivity contribution in [3.8, 4) is 11.4 Å². The van der Waals surface area contributed by atoms with Gasteiger partial charge in [-0.2, -0.15) is 4.98 Å². The maximum Gasteiger partial charge on any atom is 0.319 e. The average Bonchev–Trinajstić information content (AvgIpc) is 3.23. The van der Waals surface area contributed by atoms with Crippen LogP contribution in [-0.2, 0) is 6.54 Å². The number of urea groups is 1. The summed E-state index contributed by atoms with van der Waals surface area (Å²) in [6, 6.07) is 19.3. The summed E-state index contributed by atoms with van der Waals surface area (Å²) in [4.78, 5) is 19.1. The number of carbonyl (C=O) groups is 1. The van der Waals surface area contributed by atoms with Gasteiger partial charge in [-0.25, -0.2) is 4.79 Å². The molecule has 2 aromatic carbocycles. The van der Waals surface area contributed by atoms with Crippen LogP contribution >= 0.6 is 0 Å². The van der Waals surface area contributed by atoms with Crippen LogP contribution in [0, 0.1) is 0 Å². The number of nitrogens with one attached hydrogen (secondary N) is 2. The number of carbonyl (C=O) groups excluding carboxylic acids is 1. The highest BCUT2D eigenvalue weighted by molar-refractivity contribution is 5.89. The number of rotatable bonds is 6. The number of piperidine rings is 1. The van der Waals surface area contributed by atoms with Crippen molar-refractivity contribution in [2.75, 3.05) is 18.4 Å². The first-order chi connectivity index (χ1) is 14.3. The predicted molar refractivity (Wildman–Crippen MR) is 111 cm³/mol. The number of anilines is 1. The Morgan fingerprint density at radius 1 is 1.07 bits per heavy atom. The van der Waals surface area contributed by atoms with Crippen molar-refractivity contribution < 1.29 is 9.32 Å². The summed E-state index contributed by atoms with van der Waals surface area (Å²) in [5.74, 6) is 1.21. The second kappa shape index (κ2) is 9.34. The molecule has 1 aromatic heterocycles. The van der Waals surface area contributed by atoms with Gasteiger partial charge in [0.1, 0.15) is 0 Å². The predicted octanol–water partition coefficient (Wildman–Crippen LogP) is 3.91. The summed E-state index contributed by atoms with van der Waals surface area (Å²) in [5.41, 5.74) is 1.72. The molecule has 1 unspecified atom stereocenters. The molecule has 3 aromatic rings. The fraction of sp³-hybridized carbons (Fsp3) is 0.318. The highest BCUT2D eigenvalue weighted by Gasteiger charge is 2.25. The second-order valence-corrected chi connectivity index (χ2v) is 7.20. The molecule has 7 nitrogen and oxygen atoms in total. The number of amides is 2. The number of hydrogen-bond acceptors (Lipinski definition) is 5. The molecule has 0 spiro atoms. The molecule has 7 heteroatoms. The van der Waals surface area contributed by atoms with Crippen molar-refractivity contribution in [2.24, 2.45) is 0 Å². The molecule has 1 atom stereocenters. The first-order valence-corrected chi connectivity index (χ1v) is 10.00. The molecule has 0 aliphatic carbocycles. The standard InChI is InChI=1S/C22H25N5O2/c28-22(24-18-11-5-2-6-12-18)23-15-19-13-7-8-14-27(19)16-20-25-21(26-29-20)17-9-3-1-4-10-17/h1-6,9-12,19H,7-8,13-16H2,(H2,23,24,28). The molecule has 2 N–H and O–H groups in total. The van der Waals surface area contributed by atoms with E-state index in [4.69, 9.17) is 4.52 Å². The van der Waals surface area contributed by atoms with Crippen LogP contribution in [0.3, 0.4) is 0 Å². The van der Waals surface area contributed by atoms with Crippen molar-refractivity contribution in [3.05, 3.63) is 66.6 Å². The van der Waals surface area contributed by atoms with Crippen molar-refractivity contribution in [1.82, 2.24) is 20.4 Å². The van der Waals surface area contributed by atoms with Crippen molar-refractivity contribution >= 4 is 11.7 Å². The van der Waals surface area contributed by atoms with Crippen LogP contribution < -0.4 is 10.6 Å². The van der Waals surface area contributed by atoms with Gasteiger partial charge in [-0.1, -0.05) is 60.1 Å². The third-order valence-corrected chi connectivity index (χ3v) is 5.12. The lowest BCUT2D eigenvalue weighted by Gasteiger charge is -2.34. The molecule has 0 saturated carbocycles. The Labute approximate surface area is 170 Å². The number of likely N-dealkylation sites (tertiary alicyclic amines) is 1. The zero-order valence-corrected chi connectivity index (χ0v) is 16.3. The van der Waals surface area contributed by atoms with E-state index in [0.29, 0.717) is 24.8 Å². The average molecular weight is 391 g/mol. The number of hydrogen-bond donors (Lipinski definition) is 2. The summed E-state index contributed by atoms with van der Waals surface area (Å²) in [6.45, 7) is 2.13. The largest absolute Gasteiger partial charge is 0.338 e. The molecule has 150 valence electrons. The monoisotopic (exact) mass is 391 g/mol. The maximum absolute atomic E-state index is 12.2. The lowest BCUT2D eigenvalue weighted by Crippen LogP contribution is -2.47. The summed E-state index contributed by atoms with van der Waals surface area (Å²) in [6.07, 6.45) is 3.32. The minimum Gasteiger partial charge on any atom is -0.338 e. The Morgan fingerprint density at radius 3 is 2.62 bits per heavy atom. The van der Waals surface area contributed by atoms with E-state index in [1.807, 2.05) is 60.7 Å². The Hall–Kier alpha value is -3.19. The molecule has 0 bridgehead atoms. The molecular weight excluding hydrogens is 366 g/mol. The van der Waals surface area contributed by atoms with Crippen LogP contribution in [0.15, 0.2) is 65.2 Å². The molecule has 1 saturated heterocycles. The highest BCUT2D eigenvalue weighted by atomic mass is 16.5. The van der Waals surface area contributed by atoms with E-state index in [1.54, 1.807) is 0 Å². The van der Waals surface area contributed by atoms with Crippen LogP contribution in [0.25, 0.3) is 11.4 Å². The summed E-state index contributed by atoms with van der Waals surface area (Å²) >= 11 is 0. The van der Waals surface area contributed by atoms with Gasteiger partial charge in [0.25, 0.3) is 0 Å². The molecule has 1 aliphatic rings. The topological polar surface area (TPSA) is 83.3 Å². The number of nitrogens with zero attached hydrogens (tertiary/aromatic N) is 3. The number of aromatic nitrogens is 2. The number of para-hydroxylation sites is 1. The highest BCUT2D eigenvalue weighted by Crippen LogP contribution is 2.21. The fourth-order valence-electron chi connectivity index (χ4n) is 3.60. The van der Waals surface area contributed by atoms with Gasteiger partial charge in [-0.15, -0.1) is 0 Å². The van der Waals surface area contributed by atoms with Crippen molar-refractivity contribution in [1.29, 1.82) is 0 Å². The Kier molecular flexibility index (Phi) is 6.16. The smallest absolute Gasteiger partial charge is 0.319 e. The van der Waals surface area contributed by atoms with E-state index >= 15 is 0 Å². The summed E-state index contributed by atoms with van der Waals surface area (Å²) in [5, 5.41) is 9.95. The van der Waals surface area contributed by atoms with E-state index in [-0.39, 0.29) is 12.1 Å². The lowest BCUT2D eigenvalue weighted by atomic mass is 10.0. The number of benzene rings is 2. The third kappa shape index (κ3) is 5.20. The van der Waals surface area contributed by atoms with Crippen LogP contribution in [0.5, 0.6) is 0 Å². The minimum atomic E-state index is -0.189. The zero-order valence-electron chi connectivity index (χ0n) is 16.3. The van der Waals surface area contributed by atoms with Gasteiger partial charge in [-0.05, 0) is 31.5 Å². The first kappa shape index (κ1) is 19.1. The van der Waals surface area contributed by atoms with Gasteiger partial charge in [0.2, 0.25) is 11.7 Å². The minimum absolute atomic E-state index is 0.189. The lowest BCUT2D eigenvalue weighted by molar-refractivity contribution is 0.123. The van der Waals surface area contributed by atoms with E-state index < -0.39 is 0 Å². The van der Waals surface area contributed by atoms with E-state index in [0.717, 1.165) is 37.1 Å². The van der Waals surface area contributed by atoms with Gasteiger partial charge < -0.3 is 15.2 Å². The molecule has 1 aliphatic heterocycles. The van der Waals surface area contributed by atoms with Gasteiger partial charge in [0.05, 0.1) is 6.54 Å². The van der Waals surface area contributed by atoms with Crippen molar-refractivity contribution in [2.45, 2.75) is 31.8 Å². The van der Waals surface area contributed by atoms with Crippen LogP contribution in [0.4, 0.5) is 10.5 Å². The molecule has 2 heterocycles. The van der Waals surface area contributed by atoms with Gasteiger partial charge in [0.15, 0.2) is 0 Å². The van der Waals surface area contributed by atoms with Crippen molar-refractivity contribution in [3.63, 3.8) is 0 Å². The summed E-state index contributed by atoms with van der Waals surface area (Å²) in [7, 11) is 0. The zero-order chi connectivity index (χ0) is 19.9. The van der Waals surface area contributed by atoms with Gasteiger partial charge >= 0.3 is 6.03 Å². The summed E-state index contributed by atoms with van der Waals surface area (Å²) < 4.78 is 5.47. The third-order valence-electron chi connectivity index (χ3n) is 5.12. The Balaban J connectivity index is 1.33. The van der Waals surface area contributed by atoms with Gasteiger partial charge in [0, 0.05) is 23.8 Å². The molecule has 1 fully saturated rings. The molecular formula is C22H25N5O2. The van der Waals surface area contributed by atoms with E-state index in [2.05, 4.69) is 25.7 Å². The fourth-order valence-corrected chi connectivity index (χ4v) is 3.60. The molecule has 2 amide bonds. The quantitative estimate of drug-likeness (QED) is 0.666. The second-order valence-electron chi connectivity index (χ2n) is 7.20. The first-order valence-electron chi connectivity index (χ1n) is 10.00. The Morgan fingerprint density at radius 2 is 1.83 bits per heavy atom. The van der Waals surface area contributed by atoms with Crippen LogP contribution in [0.2, 0.25) is 0 Å². The van der Waals surface area contributed by atoms with E-state index in [1.165, 1.54) is 0 Å². The SMILES string of the molecule is O=C(NCC1CCCCN1Cc1nc(-c2ccccc2)no1)Nc1ccccc1. The normalized spacial score (nSPS) is 17.0. The Bertz CT molecular complexity index is 913.